The largest absolute Gasteiger partial charge is 0.444 e. The van der Waals surface area contributed by atoms with Crippen LogP contribution in [0, 0.1) is 6.92 Å². The van der Waals surface area contributed by atoms with Gasteiger partial charge < -0.3 is 14.5 Å². The van der Waals surface area contributed by atoms with Crippen LogP contribution in [0.3, 0.4) is 0 Å². The maximum atomic E-state index is 12.5. The van der Waals surface area contributed by atoms with Crippen LogP contribution in [0.2, 0.25) is 0 Å². The molecule has 1 fully saturated rings. The van der Waals surface area contributed by atoms with Gasteiger partial charge in [-0.05, 0) is 86.5 Å². The van der Waals surface area contributed by atoms with Crippen LogP contribution < -0.4 is 5.32 Å². The fourth-order valence-corrected chi connectivity index (χ4v) is 5.70. The number of aryl methyl sites for hydroxylation is 1. The fourth-order valence-electron chi connectivity index (χ4n) is 5.06. The number of allylic oxidation sites excluding steroid dienone is 4. The molecule has 1 saturated carbocycles. The molecule has 1 unspecified atom stereocenters. The first-order valence-corrected chi connectivity index (χ1v) is 13.1. The first kappa shape index (κ1) is 23.9. The van der Waals surface area contributed by atoms with Gasteiger partial charge in [-0.3, -0.25) is 0 Å². The van der Waals surface area contributed by atoms with Gasteiger partial charge in [-0.1, -0.05) is 48.6 Å². The first-order chi connectivity index (χ1) is 16.7. The molecule has 5 nitrogen and oxygen atoms in total. The average Bonchev–Trinajstić information content (AvgIpc) is 3.15. The van der Waals surface area contributed by atoms with Crippen molar-refractivity contribution in [3.05, 3.63) is 82.1 Å². The molecule has 1 amide bonds. The highest BCUT2D eigenvalue weighted by Gasteiger charge is 2.41. The number of rotatable bonds is 4. The van der Waals surface area contributed by atoms with Gasteiger partial charge in [-0.2, -0.15) is 0 Å². The number of benzene rings is 1. The predicted molar refractivity (Wildman–Crippen MR) is 144 cm³/mol. The summed E-state index contributed by atoms with van der Waals surface area (Å²) in [6, 6.07) is 10.7. The Balaban J connectivity index is 1.52. The van der Waals surface area contributed by atoms with Crippen LogP contribution in [0.1, 0.15) is 69.2 Å². The van der Waals surface area contributed by atoms with Crippen LogP contribution in [0.15, 0.2) is 65.3 Å². The summed E-state index contributed by atoms with van der Waals surface area (Å²) in [5.74, 6) is 0.255. The molecule has 0 aliphatic heterocycles. The number of nitrogens with zero attached hydrogens (tertiary/aromatic N) is 2. The molecule has 1 aromatic carbocycles. The van der Waals surface area contributed by atoms with Crippen LogP contribution in [-0.2, 0) is 10.3 Å². The van der Waals surface area contributed by atoms with E-state index in [-0.39, 0.29) is 17.6 Å². The molecular formula is C29H32BrN3O2. The van der Waals surface area contributed by atoms with E-state index in [0.29, 0.717) is 0 Å². The highest BCUT2D eigenvalue weighted by atomic mass is 79.9. The highest BCUT2D eigenvalue weighted by molar-refractivity contribution is 9.10. The number of carbonyl (C=O) groups excluding carboxylic acids is 1. The van der Waals surface area contributed by atoms with Crippen molar-refractivity contribution < 1.29 is 9.53 Å². The van der Waals surface area contributed by atoms with Gasteiger partial charge >= 0.3 is 6.09 Å². The molecule has 2 aliphatic carbocycles. The van der Waals surface area contributed by atoms with Gasteiger partial charge in [0.15, 0.2) is 5.65 Å². The topological polar surface area (TPSA) is 55.6 Å². The molecule has 3 aromatic rings. The van der Waals surface area contributed by atoms with E-state index in [1.165, 1.54) is 11.3 Å². The fraction of sp³-hybridized carbons (Fsp3) is 0.379. The van der Waals surface area contributed by atoms with Crippen LogP contribution in [-0.4, -0.2) is 21.1 Å². The quantitative estimate of drug-likeness (QED) is 0.376. The van der Waals surface area contributed by atoms with Gasteiger partial charge in [0.25, 0.3) is 0 Å². The zero-order chi connectivity index (χ0) is 24.8. The number of pyridine rings is 1. The van der Waals surface area contributed by atoms with Crippen molar-refractivity contribution in [3.63, 3.8) is 0 Å². The van der Waals surface area contributed by atoms with Crippen molar-refractivity contribution in [2.24, 2.45) is 0 Å². The second-order valence-corrected chi connectivity index (χ2v) is 11.6. The molecule has 0 bridgehead atoms. The third-order valence-corrected chi connectivity index (χ3v) is 7.42. The molecule has 35 heavy (non-hydrogen) atoms. The van der Waals surface area contributed by atoms with E-state index in [2.05, 4.69) is 93.4 Å². The molecule has 0 saturated heterocycles. The summed E-state index contributed by atoms with van der Waals surface area (Å²) in [5.41, 5.74) is 5.61. The SMILES string of the molecule is Cc1cc(Br)c2nc(-c3ccc(C4(NC(=O)OC(C)(C)C)CCC4)cc3)c(C3C=CC=CC3)n2c1. The number of halogens is 1. The summed E-state index contributed by atoms with van der Waals surface area (Å²) in [7, 11) is 0. The third kappa shape index (κ3) is 4.68. The minimum Gasteiger partial charge on any atom is -0.444 e. The molecule has 182 valence electrons. The van der Waals surface area contributed by atoms with E-state index in [4.69, 9.17) is 9.72 Å². The minimum atomic E-state index is -0.520. The summed E-state index contributed by atoms with van der Waals surface area (Å²) in [5, 5.41) is 3.16. The summed E-state index contributed by atoms with van der Waals surface area (Å²) in [6.45, 7) is 7.77. The first-order valence-electron chi connectivity index (χ1n) is 12.3. The highest BCUT2D eigenvalue weighted by Crippen LogP contribution is 2.43. The summed E-state index contributed by atoms with van der Waals surface area (Å²) in [6.07, 6.45) is 14.4. The second-order valence-electron chi connectivity index (χ2n) is 10.7. The number of alkyl carbamates (subject to hydrolysis) is 1. The Morgan fingerprint density at radius 1 is 1.20 bits per heavy atom. The van der Waals surface area contributed by atoms with Crippen molar-refractivity contribution >= 4 is 27.7 Å². The maximum absolute atomic E-state index is 12.5. The normalized spacial score (nSPS) is 18.9. The average molecular weight is 534 g/mol. The van der Waals surface area contributed by atoms with Gasteiger partial charge in [-0.15, -0.1) is 0 Å². The maximum Gasteiger partial charge on any atom is 0.408 e. The van der Waals surface area contributed by atoms with Gasteiger partial charge in [0.2, 0.25) is 0 Å². The minimum absolute atomic E-state index is 0.255. The number of fused-ring (bicyclic) bond motifs is 1. The molecule has 2 heterocycles. The van der Waals surface area contributed by atoms with Gasteiger partial charge in [0.05, 0.1) is 21.4 Å². The Morgan fingerprint density at radius 2 is 1.94 bits per heavy atom. The van der Waals surface area contributed by atoms with Crippen LogP contribution in [0.25, 0.3) is 16.9 Å². The van der Waals surface area contributed by atoms with Crippen LogP contribution >= 0.6 is 15.9 Å². The number of nitrogens with one attached hydrogen (secondary N) is 1. The Labute approximate surface area is 215 Å². The van der Waals surface area contributed by atoms with Crippen molar-refractivity contribution in [2.75, 3.05) is 0 Å². The lowest BCUT2D eigenvalue weighted by Gasteiger charge is -2.43. The smallest absolute Gasteiger partial charge is 0.408 e. The predicted octanol–water partition coefficient (Wildman–Crippen LogP) is 7.58. The van der Waals surface area contributed by atoms with Crippen molar-refractivity contribution in [2.45, 2.75) is 70.4 Å². The lowest BCUT2D eigenvalue weighted by atomic mass is 9.71. The van der Waals surface area contributed by atoms with E-state index in [1.54, 1.807) is 0 Å². The van der Waals surface area contributed by atoms with Gasteiger partial charge in [-0.25, -0.2) is 9.78 Å². The summed E-state index contributed by atoms with van der Waals surface area (Å²) in [4.78, 5) is 17.6. The second kappa shape index (κ2) is 8.98. The number of hydrogen-bond acceptors (Lipinski definition) is 3. The van der Waals surface area contributed by atoms with Crippen LogP contribution in [0.5, 0.6) is 0 Å². The zero-order valence-corrected chi connectivity index (χ0v) is 22.4. The number of hydrogen-bond donors (Lipinski definition) is 1. The molecule has 2 aliphatic rings. The molecular weight excluding hydrogens is 502 g/mol. The molecule has 0 radical (unpaired) electrons. The van der Waals surface area contributed by atoms with Gasteiger partial charge in [0, 0.05) is 17.7 Å². The molecule has 1 atom stereocenters. The third-order valence-electron chi connectivity index (χ3n) is 6.84. The summed E-state index contributed by atoms with van der Waals surface area (Å²) >= 11 is 3.72. The Hall–Kier alpha value is -2.86. The molecule has 6 heteroatoms. The molecule has 0 spiro atoms. The van der Waals surface area contributed by atoms with E-state index in [1.807, 2.05) is 20.8 Å². The van der Waals surface area contributed by atoms with Crippen molar-refractivity contribution in [3.8, 4) is 11.3 Å². The number of aromatic nitrogens is 2. The molecule has 1 N–H and O–H groups in total. The summed E-state index contributed by atoms with van der Waals surface area (Å²) < 4.78 is 8.76. The van der Waals surface area contributed by atoms with E-state index >= 15 is 0 Å². The van der Waals surface area contributed by atoms with E-state index in [0.717, 1.165) is 52.6 Å². The Morgan fingerprint density at radius 3 is 2.54 bits per heavy atom. The standard InChI is InChI=1S/C29H32BrN3O2/c1-19-17-23(30)26-31-24(25(33(26)18-19)21-9-6-5-7-10-21)20-11-13-22(14-12-20)29(15-8-16-29)32-27(34)35-28(2,3)4/h5-7,9,11-14,17-18,21H,8,10,15-16H2,1-4H3,(H,32,34). The molecule has 2 aromatic heterocycles. The number of imidazole rings is 1. The number of carbonyl (C=O) groups is 1. The Bertz CT molecular complexity index is 1320. The van der Waals surface area contributed by atoms with E-state index < -0.39 is 5.60 Å². The lowest BCUT2D eigenvalue weighted by Crippen LogP contribution is -2.52. The van der Waals surface area contributed by atoms with Gasteiger partial charge in [0.1, 0.15) is 5.60 Å². The number of ether oxygens (including phenoxy) is 1. The Kier molecular flexibility index (Phi) is 6.12. The van der Waals surface area contributed by atoms with Crippen LogP contribution in [0.4, 0.5) is 4.79 Å². The monoisotopic (exact) mass is 533 g/mol. The van der Waals surface area contributed by atoms with E-state index in [9.17, 15) is 4.79 Å². The number of amides is 1. The molecule has 5 rings (SSSR count). The lowest BCUT2D eigenvalue weighted by molar-refractivity contribution is 0.0377. The zero-order valence-electron chi connectivity index (χ0n) is 20.8. The van der Waals surface area contributed by atoms with Crippen molar-refractivity contribution in [1.82, 2.24) is 14.7 Å². The van der Waals surface area contributed by atoms with Crippen molar-refractivity contribution in [1.29, 1.82) is 0 Å².